The van der Waals surface area contributed by atoms with Crippen LogP contribution in [0.25, 0.3) is 0 Å². The number of hydrogen-bond acceptors (Lipinski definition) is 3. The largest absolute Gasteiger partial charge is 0.436 e. The van der Waals surface area contributed by atoms with Gasteiger partial charge in [0.1, 0.15) is 10.8 Å². The maximum absolute atomic E-state index is 5.97. The second-order valence-corrected chi connectivity index (χ2v) is 5.12. The van der Waals surface area contributed by atoms with Crippen molar-refractivity contribution < 1.29 is 4.74 Å². The lowest BCUT2D eigenvalue weighted by Gasteiger charge is -2.06. The van der Waals surface area contributed by atoms with Gasteiger partial charge in [-0.3, -0.25) is 4.98 Å². The molecule has 0 aromatic carbocycles. The van der Waals surface area contributed by atoms with Gasteiger partial charge in [-0.2, -0.15) is 0 Å². The maximum Gasteiger partial charge on any atom is 0.238 e. The van der Waals surface area contributed by atoms with Crippen molar-refractivity contribution in [3.8, 4) is 11.6 Å². The van der Waals surface area contributed by atoms with E-state index in [0.29, 0.717) is 16.7 Å². The van der Waals surface area contributed by atoms with E-state index in [1.165, 1.54) is 0 Å². The smallest absolute Gasteiger partial charge is 0.238 e. The van der Waals surface area contributed by atoms with E-state index in [4.69, 9.17) is 16.3 Å². The van der Waals surface area contributed by atoms with Crippen LogP contribution in [0.1, 0.15) is 0 Å². The normalized spacial score (nSPS) is 10.2. The fraction of sp³-hybridized carbons (Fsp3) is 0. The minimum Gasteiger partial charge on any atom is -0.436 e. The second kappa shape index (κ2) is 5.12. The molecule has 16 heavy (non-hydrogen) atoms. The topological polar surface area (TPSA) is 35.0 Å². The van der Waals surface area contributed by atoms with Gasteiger partial charge in [0.15, 0.2) is 0 Å². The van der Waals surface area contributed by atoms with Crippen LogP contribution in [-0.2, 0) is 0 Å². The Kier molecular flexibility index (Phi) is 3.78. The van der Waals surface area contributed by atoms with Crippen LogP contribution in [-0.4, -0.2) is 9.97 Å². The van der Waals surface area contributed by atoms with Crippen molar-refractivity contribution in [1.82, 2.24) is 9.97 Å². The molecule has 0 N–H and O–H groups in total. The van der Waals surface area contributed by atoms with Gasteiger partial charge >= 0.3 is 0 Å². The van der Waals surface area contributed by atoms with Crippen LogP contribution in [0, 0.1) is 0 Å². The summed E-state index contributed by atoms with van der Waals surface area (Å²) < 4.78 is 7.12. The van der Waals surface area contributed by atoms with E-state index >= 15 is 0 Å². The highest BCUT2D eigenvalue weighted by molar-refractivity contribution is 9.10. The molecule has 0 amide bonds. The molecule has 6 heteroatoms. The summed E-state index contributed by atoms with van der Waals surface area (Å²) >= 11 is 12.5. The van der Waals surface area contributed by atoms with Gasteiger partial charge in [0.25, 0.3) is 0 Å². The van der Waals surface area contributed by atoms with Crippen LogP contribution < -0.4 is 4.74 Å². The molecule has 0 radical (unpaired) electrons. The Morgan fingerprint density at radius 3 is 2.50 bits per heavy atom. The molecule has 0 fully saturated rings. The van der Waals surface area contributed by atoms with E-state index in [0.717, 1.165) is 8.95 Å². The fourth-order valence-corrected chi connectivity index (χ4v) is 2.05. The molecule has 0 aliphatic rings. The van der Waals surface area contributed by atoms with Gasteiger partial charge in [0.05, 0.1) is 6.20 Å². The van der Waals surface area contributed by atoms with E-state index in [2.05, 4.69) is 41.8 Å². The Labute approximate surface area is 114 Å². The van der Waals surface area contributed by atoms with Gasteiger partial charge in [0, 0.05) is 21.3 Å². The molecule has 3 nitrogen and oxygen atoms in total. The average molecular weight is 364 g/mol. The van der Waals surface area contributed by atoms with E-state index in [1.54, 1.807) is 30.7 Å². The first kappa shape index (κ1) is 11.8. The van der Waals surface area contributed by atoms with Crippen molar-refractivity contribution >= 4 is 43.5 Å². The Morgan fingerprint density at radius 2 is 1.81 bits per heavy atom. The van der Waals surface area contributed by atoms with Crippen molar-refractivity contribution in [3.63, 3.8) is 0 Å². The number of aromatic nitrogens is 2. The summed E-state index contributed by atoms with van der Waals surface area (Å²) in [7, 11) is 0. The lowest BCUT2D eigenvalue weighted by atomic mass is 10.4. The predicted molar refractivity (Wildman–Crippen MR) is 69.0 cm³/mol. The molecule has 2 rings (SSSR count). The van der Waals surface area contributed by atoms with Crippen LogP contribution in [0.4, 0.5) is 0 Å². The molecule has 0 aliphatic carbocycles. The minimum absolute atomic E-state index is 0.352. The summed E-state index contributed by atoms with van der Waals surface area (Å²) in [5, 5.41) is 0.439. The predicted octanol–water partition coefficient (Wildman–Crippen LogP) is 4.45. The van der Waals surface area contributed by atoms with Crippen molar-refractivity contribution in [2.75, 3.05) is 0 Å². The molecule has 82 valence electrons. The van der Waals surface area contributed by atoms with Crippen molar-refractivity contribution in [3.05, 3.63) is 44.7 Å². The van der Waals surface area contributed by atoms with Crippen LogP contribution in [0.2, 0.25) is 5.02 Å². The Hall–Kier alpha value is -0.650. The lowest BCUT2D eigenvalue weighted by molar-refractivity contribution is 0.460. The van der Waals surface area contributed by atoms with Crippen LogP contribution in [0.5, 0.6) is 11.6 Å². The maximum atomic E-state index is 5.97. The molecule has 0 saturated heterocycles. The second-order valence-electron chi connectivity index (χ2n) is 2.88. The van der Waals surface area contributed by atoms with Gasteiger partial charge in [0.2, 0.25) is 5.88 Å². The zero-order valence-corrected chi connectivity index (χ0v) is 11.8. The number of hydrogen-bond donors (Lipinski definition) is 0. The molecular weight excluding hydrogens is 359 g/mol. The Bertz CT molecular complexity index is 522. The summed E-state index contributed by atoms with van der Waals surface area (Å²) in [5.41, 5.74) is 0. The van der Waals surface area contributed by atoms with Crippen LogP contribution in [0.3, 0.4) is 0 Å². The molecule has 2 heterocycles. The summed E-state index contributed by atoms with van der Waals surface area (Å²) in [5.74, 6) is 0.927. The highest BCUT2D eigenvalue weighted by atomic mass is 79.9. The molecule has 0 spiro atoms. The van der Waals surface area contributed by atoms with Crippen LogP contribution in [0.15, 0.2) is 39.7 Å². The summed E-state index contributed by atoms with van der Waals surface area (Å²) in [4.78, 5) is 8.03. The number of nitrogens with zero attached hydrogens (tertiary/aromatic N) is 2. The SMILES string of the molecule is Clc1cc(Br)cnc1Oc1cncc(Br)c1. The van der Waals surface area contributed by atoms with Gasteiger partial charge in [-0.25, -0.2) is 4.98 Å². The standard InChI is InChI=1S/C10H5Br2ClN2O/c11-6-1-8(5-14-3-6)16-10-9(13)2-7(12)4-15-10/h1-5H. The van der Waals surface area contributed by atoms with Crippen molar-refractivity contribution in [2.45, 2.75) is 0 Å². The van der Waals surface area contributed by atoms with Gasteiger partial charge < -0.3 is 4.74 Å². The molecule has 0 bridgehead atoms. The molecule has 2 aromatic rings. The van der Waals surface area contributed by atoms with Crippen molar-refractivity contribution in [1.29, 1.82) is 0 Å². The molecule has 0 unspecified atom stereocenters. The van der Waals surface area contributed by atoms with Gasteiger partial charge in [-0.05, 0) is 44.0 Å². The Morgan fingerprint density at radius 1 is 1.06 bits per heavy atom. The number of rotatable bonds is 2. The third kappa shape index (κ3) is 2.93. The highest BCUT2D eigenvalue weighted by Crippen LogP contribution is 2.29. The Balaban J connectivity index is 2.27. The third-order valence-electron chi connectivity index (χ3n) is 1.67. The molecule has 2 aromatic heterocycles. The molecule has 0 saturated carbocycles. The van der Waals surface area contributed by atoms with Gasteiger partial charge in [-0.1, -0.05) is 11.6 Å². The zero-order valence-electron chi connectivity index (χ0n) is 7.82. The third-order valence-corrected chi connectivity index (χ3v) is 2.81. The minimum atomic E-state index is 0.352. The van der Waals surface area contributed by atoms with E-state index in [-0.39, 0.29) is 0 Å². The highest BCUT2D eigenvalue weighted by Gasteiger charge is 2.05. The molecular formula is C10H5Br2ClN2O. The fourth-order valence-electron chi connectivity index (χ4n) is 1.04. The summed E-state index contributed by atoms with van der Waals surface area (Å²) in [6, 6.07) is 3.50. The summed E-state index contributed by atoms with van der Waals surface area (Å²) in [6.07, 6.45) is 4.88. The molecule has 0 atom stereocenters. The quantitative estimate of drug-likeness (QED) is 0.790. The summed E-state index contributed by atoms with van der Waals surface area (Å²) in [6.45, 7) is 0. The number of halogens is 3. The van der Waals surface area contributed by atoms with E-state index in [1.807, 2.05) is 0 Å². The van der Waals surface area contributed by atoms with E-state index < -0.39 is 0 Å². The average Bonchev–Trinajstić information content (AvgIpc) is 2.22. The van der Waals surface area contributed by atoms with Crippen molar-refractivity contribution in [2.24, 2.45) is 0 Å². The first-order chi connectivity index (χ1) is 7.65. The zero-order chi connectivity index (χ0) is 11.5. The monoisotopic (exact) mass is 362 g/mol. The van der Waals surface area contributed by atoms with E-state index in [9.17, 15) is 0 Å². The van der Waals surface area contributed by atoms with Gasteiger partial charge in [-0.15, -0.1) is 0 Å². The first-order valence-corrected chi connectivity index (χ1v) is 6.21. The number of ether oxygens (including phenoxy) is 1. The molecule has 0 aliphatic heterocycles. The number of pyridine rings is 2. The first-order valence-electron chi connectivity index (χ1n) is 4.24. The van der Waals surface area contributed by atoms with Crippen LogP contribution >= 0.6 is 43.5 Å². The lowest BCUT2D eigenvalue weighted by Crippen LogP contribution is -1.89.